The zero-order valence-electron chi connectivity index (χ0n) is 10.3. The van der Waals surface area contributed by atoms with Crippen LogP contribution in [0.25, 0.3) is 0 Å². The number of hydrogen-bond acceptors (Lipinski definition) is 2. The van der Waals surface area contributed by atoms with Gasteiger partial charge in [-0.05, 0) is 18.8 Å². The summed E-state index contributed by atoms with van der Waals surface area (Å²) in [7, 11) is 0. The van der Waals surface area contributed by atoms with Gasteiger partial charge in [0.15, 0.2) is 0 Å². The summed E-state index contributed by atoms with van der Waals surface area (Å²) in [6.45, 7) is 4.69. The number of rotatable bonds is 2. The summed E-state index contributed by atoms with van der Waals surface area (Å²) in [5.74, 6) is 0.540. The van der Waals surface area contributed by atoms with E-state index in [0.29, 0.717) is 18.9 Å². The molecule has 2 fully saturated rings. The third kappa shape index (κ3) is 1.87. The molecule has 0 aromatic rings. The molecule has 2 rings (SSSR count). The van der Waals surface area contributed by atoms with E-state index in [-0.39, 0.29) is 17.2 Å². The van der Waals surface area contributed by atoms with Crippen LogP contribution in [0.2, 0.25) is 0 Å². The highest BCUT2D eigenvalue weighted by molar-refractivity contribution is 6.05. The van der Waals surface area contributed by atoms with Gasteiger partial charge in [-0.2, -0.15) is 0 Å². The maximum absolute atomic E-state index is 12.3. The van der Waals surface area contributed by atoms with Crippen molar-refractivity contribution < 1.29 is 9.59 Å². The Morgan fingerprint density at radius 3 is 2.38 bits per heavy atom. The lowest BCUT2D eigenvalue weighted by Crippen LogP contribution is -2.38. The van der Waals surface area contributed by atoms with Gasteiger partial charge in [0.1, 0.15) is 0 Å². The average Bonchev–Trinajstić information content (AvgIpc) is 2.44. The molecular weight excluding hydrogens is 202 g/mol. The first-order chi connectivity index (χ1) is 7.55. The lowest BCUT2D eigenvalue weighted by Gasteiger charge is -2.30. The van der Waals surface area contributed by atoms with Crippen molar-refractivity contribution >= 4 is 11.8 Å². The second kappa shape index (κ2) is 4.19. The molecule has 0 aromatic heterocycles. The second-order valence-corrected chi connectivity index (χ2v) is 5.72. The smallest absolute Gasteiger partial charge is 0.235 e. The molecule has 3 heteroatoms. The number of carbonyl (C=O) groups excluding carboxylic acids is 2. The van der Waals surface area contributed by atoms with E-state index >= 15 is 0 Å². The Morgan fingerprint density at radius 1 is 1.19 bits per heavy atom. The summed E-state index contributed by atoms with van der Waals surface area (Å²) in [6.07, 6.45) is 5.74. The molecule has 0 aromatic carbocycles. The summed E-state index contributed by atoms with van der Waals surface area (Å²) in [6, 6.07) is 0. The van der Waals surface area contributed by atoms with Gasteiger partial charge in [-0.25, -0.2) is 0 Å². The predicted octanol–water partition coefficient (Wildman–Crippen LogP) is 2.35. The Balaban J connectivity index is 2.14. The lowest BCUT2D eigenvalue weighted by molar-refractivity contribution is -0.142. The van der Waals surface area contributed by atoms with E-state index in [4.69, 9.17) is 0 Å². The van der Waals surface area contributed by atoms with Crippen molar-refractivity contribution in [3.05, 3.63) is 0 Å². The molecule has 1 aliphatic carbocycles. The Bertz CT molecular complexity index is 303. The average molecular weight is 223 g/mol. The zero-order valence-corrected chi connectivity index (χ0v) is 10.3. The summed E-state index contributed by atoms with van der Waals surface area (Å²) < 4.78 is 0. The second-order valence-electron chi connectivity index (χ2n) is 5.72. The van der Waals surface area contributed by atoms with Crippen LogP contribution in [-0.2, 0) is 9.59 Å². The van der Waals surface area contributed by atoms with Crippen molar-refractivity contribution in [2.45, 2.75) is 52.4 Å². The number of carbonyl (C=O) groups is 2. The highest BCUT2D eigenvalue weighted by atomic mass is 16.2. The van der Waals surface area contributed by atoms with E-state index in [9.17, 15) is 9.59 Å². The van der Waals surface area contributed by atoms with Gasteiger partial charge in [-0.1, -0.05) is 33.1 Å². The van der Waals surface area contributed by atoms with Crippen molar-refractivity contribution in [2.75, 3.05) is 6.54 Å². The summed E-state index contributed by atoms with van der Waals surface area (Å²) >= 11 is 0. The van der Waals surface area contributed by atoms with Crippen LogP contribution in [-0.4, -0.2) is 23.3 Å². The Hall–Kier alpha value is -0.860. The maximum Gasteiger partial charge on any atom is 0.235 e. The third-order valence-electron chi connectivity index (χ3n) is 3.85. The van der Waals surface area contributed by atoms with Crippen molar-refractivity contribution in [2.24, 2.45) is 11.3 Å². The van der Waals surface area contributed by atoms with Crippen molar-refractivity contribution in [1.29, 1.82) is 0 Å². The molecule has 2 aliphatic rings. The molecule has 1 saturated carbocycles. The van der Waals surface area contributed by atoms with Crippen LogP contribution in [0.4, 0.5) is 0 Å². The molecule has 0 N–H and O–H groups in total. The minimum absolute atomic E-state index is 0.0561. The molecule has 90 valence electrons. The molecule has 2 amide bonds. The van der Waals surface area contributed by atoms with Gasteiger partial charge in [0.2, 0.25) is 11.8 Å². The van der Waals surface area contributed by atoms with Crippen molar-refractivity contribution in [3.8, 4) is 0 Å². The van der Waals surface area contributed by atoms with Crippen LogP contribution in [0.3, 0.4) is 0 Å². The Labute approximate surface area is 97.2 Å². The summed E-state index contributed by atoms with van der Waals surface area (Å²) in [5, 5.41) is 0. The molecule has 1 spiro atoms. The summed E-state index contributed by atoms with van der Waals surface area (Å²) in [5.41, 5.74) is -0.301. The number of imide groups is 1. The Kier molecular flexibility index (Phi) is 3.04. The summed E-state index contributed by atoms with van der Waals surface area (Å²) in [4.78, 5) is 25.7. The van der Waals surface area contributed by atoms with E-state index in [1.807, 2.05) is 13.8 Å². The molecule has 3 nitrogen and oxygen atoms in total. The molecular formula is C13H21NO2. The number of amides is 2. The van der Waals surface area contributed by atoms with Gasteiger partial charge < -0.3 is 0 Å². The first-order valence-electron chi connectivity index (χ1n) is 6.40. The standard InChI is InChI=1S/C13H21NO2/c1-10(2)9-14-11(15)8-13(12(14)16)6-4-3-5-7-13/h10H,3-9H2,1-2H3. The molecule has 0 bridgehead atoms. The molecule has 1 saturated heterocycles. The van der Waals surface area contributed by atoms with Crippen LogP contribution >= 0.6 is 0 Å². The topological polar surface area (TPSA) is 37.4 Å². The molecule has 0 unspecified atom stereocenters. The minimum Gasteiger partial charge on any atom is -0.282 e. The lowest BCUT2D eigenvalue weighted by atomic mass is 9.73. The molecule has 16 heavy (non-hydrogen) atoms. The normalized spacial score (nSPS) is 24.8. The minimum atomic E-state index is -0.301. The number of nitrogens with zero attached hydrogens (tertiary/aromatic N) is 1. The fourth-order valence-electron chi connectivity index (χ4n) is 3.03. The predicted molar refractivity (Wildman–Crippen MR) is 61.7 cm³/mol. The van der Waals surface area contributed by atoms with Gasteiger partial charge >= 0.3 is 0 Å². The number of hydrogen-bond donors (Lipinski definition) is 0. The molecule has 1 heterocycles. The van der Waals surface area contributed by atoms with E-state index < -0.39 is 0 Å². The first-order valence-corrected chi connectivity index (χ1v) is 6.40. The third-order valence-corrected chi connectivity index (χ3v) is 3.85. The Morgan fingerprint density at radius 2 is 1.81 bits per heavy atom. The monoisotopic (exact) mass is 223 g/mol. The van der Waals surface area contributed by atoms with Gasteiger partial charge in [0.25, 0.3) is 0 Å². The van der Waals surface area contributed by atoms with Gasteiger partial charge in [0, 0.05) is 13.0 Å². The highest BCUT2D eigenvalue weighted by Gasteiger charge is 2.51. The van der Waals surface area contributed by atoms with Crippen LogP contribution in [0, 0.1) is 11.3 Å². The molecule has 1 aliphatic heterocycles. The van der Waals surface area contributed by atoms with E-state index in [1.54, 1.807) is 0 Å². The first kappa shape index (κ1) is 11.6. The highest BCUT2D eigenvalue weighted by Crippen LogP contribution is 2.45. The molecule has 0 atom stereocenters. The van der Waals surface area contributed by atoms with E-state index in [2.05, 4.69) is 0 Å². The largest absolute Gasteiger partial charge is 0.282 e. The molecule has 0 radical (unpaired) electrons. The maximum atomic E-state index is 12.3. The van der Waals surface area contributed by atoms with Crippen LogP contribution < -0.4 is 0 Å². The van der Waals surface area contributed by atoms with Crippen LogP contribution in [0.15, 0.2) is 0 Å². The quantitative estimate of drug-likeness (QED) is 0.674. The fraction of sp³-hybridized carbons (Fsp3) is 0.846. The van der Waals surface area contributed by atoms with Gasteiger partial charge in [-0.15, -0.1) is 0 Å². The van der Waals surface area contributed by atoms with Crippen LogP contribution in [0.5, 0.6) is 0 Å². The van der Waals surface area contributed by atoms with Gasteiger partial charge in [-0.3, -0.25) is 14.5 Å². The van der Waals surface area contributed by atoms with E-state index in [0.717, 1.165) is 25.7 Å². The van der Waals surface area contributed by atoms with Crippen molar-refractivity contribution in [1.82, 2.24) is 4.90 Å². The van der Waals surface area contributed by atoms with E-state index in [1.165, 1.54) is 11.3 Å². The van der Waals surface area contributed by atoms with Crippen molar-refractivity contribution in [3.63, 3.8) is 0 Å². The SMILES string of the molecule is CC(C)CN1C(=O)CC2(CCCCC2)C1=O. The van der Waals surface area contributed by atoms with Gasteiger partial charge in [0.05, 0.1) is 5.41 Å². The zero-order chi connectivity index (χ0) is 11.8. The fourth-order valence-corrected chi connectivity index (χ4v) is 3.03. The number of likely N-dealkylation sites (tertiary alicyclic amines) is 1. The van der Waals surface area contributed by atoms with Crippen LogP contribution in [0.1, 0.15) is 52.4 Å².